The van der Waals surface area contributed by atoms with Crippen LogP contribution in [0.15, 0.2) is 36.7 Å². The fraction of sp³-hybridized carbons (Fsp3) is 0.316. The molecule has 0 unspecified atom stereocenters. The summed E-state index contributed by atoms with van der Waals surface area (Å²) in [7, 11) is 0. The van der Waals surface area contributed by atoms with Crippen molar-refractivity contribution >= 4 is 5.82 Å². The van der Waals surface area contributed by atoms with E-state index >= 15 is 0 Å². The number of aromatic nitrogens is 4. The van der Waals surface area contributed by atoms with E-state index in [0.29, 0.717) is 18.4 Å². The normalized spacial score (nSPS) is 17.8. The second-order valence-electron chi connectivity index (χ2n) is 7.20. The van der Waals surface area contributed by atoms with E-state index in [0.717, 1.165) is 42.9 Å². The number of benzene rings is 1. The molecule has 0 spiro atoms. The van der Waals surface area contributed by atoms with Gasteiger partial charge in [-0.2, -0.15) is 0 Å². The third-order valence-corrected chi connectivity index (χ3v) is 5.18. The molecule has 0 radical (unpaired) electrons. The quantitative estimate of drug-likeness (QED) is 0.483. The molecule has 0 amide bonds. The Morgan fingerprint density at radius 1 is 1.24 bits per heavy atom. The first-order valence-electron chi connectivity index (χ1n) is 9.26. The van der Waals surface area contributed by atoms with Crippen LogP contribution in [0, 0.1) is 15.9 Å². The Hall–Kier alpha value is -3.40. The molecule has 2 aromatic heterocycles. The third kappa shape index (κ3) is 3.42. The van der Waals surface area contributed by atoms with E-state index in [1.165, 1.54) is 18.3 Å². The summed E-state index contributed by atoms with van der Waals surface area (Å²) in [6.07, 6.45) is 3.97. The van der Waals surface area contributed by atoms with Crippen LogP contribution in [0.1, 0.15) is 17.7 Å². The summed E-state index contributed by atoms with van der Waals surface area (Å²) in [5, 5.41) is 10.8. The highest BCUT2D eigenvalue weighted by Crippen LogP contribution is 2.28. The topological polar surface area (TPSA) is 99.2 Å². The molecule has 29 heavy (non-hydrogen) atoms. The van der Waals surface area contributed by atoms with Crippen LogP contribution in [0.2, 0.25) is 0 Å². The van der Waals surface area contributed by atoms with E-state index in [1.807, 2.05) is 6.20 Å². The lowest BCUT2D eigenvalue weighted by Gasteiger charge is -2.16. The molecule has 148 valence electrons. The summed E-state index contributed by atoms with van der Waals surface area (Å²) in [5.74, 6) is 0.118. The molecule has 0 aliphatic carbocycles. The minimum atomic E-state index is -0.521. The van der Waals surface area contributed by atoms with Crippen molar-refractivity contribution in [2.24, 2.45) is 0 Å². The zero-order chi connectivity index (χ0) is 20.0. The molecule has 0 fully saturated rings. The molecule has 0 saturated heterocycles. The number of nitrogens with zero attached hydrogens (tertiary/aromatic N) is 6. The van der Waals surface area contributed by atoms with Gasteiger partial charge in [0, 0.05) is 41.9 Å². The number of hydrogen-bond acceptors (Lipinski definition) is 7. The summed E-state index contributed by atoms with van der Waals surface area (Å²) in [5.41, 5.74) is 2.86. The van der Waals surface area contributed by atoms with Crippen LogP contribution in [0.5, 0.6) is 6.01 Å². The van der Waals surface area contributed by atoms with Gasteiger partial charge in [-0.05, 0) is 35.6 Å². The van der Waals surface area contributed by atoms with Crippen molar-refractivity contribution in [3.05, 3.63) is 63.8 Å². The predicted molar refractivity (Wildman–Crippen MR) is 99.5 cm³/mol. The fourth-order valence-electron chi connectivity index (χ4n) is 3.70. The molecule has 10 heteroatoms. The Bertz CT molecular complexity index is 1060. The third-order valence-electron chi connectivity index (χ3n) is 5.18. The van der Waals surface area contributed by atoms with Crippen LogP contribution in [0.4, 0.5) is 10.2 Å². The van der Waals surface area contributed by atoms with Crippen molar-refractivity contribution in [3.8, 4) is 17.4 Å². The Kier molecular flexibility index (Phi) is 4.20. The van der Waals surface area contributed by atoms with Gasteiger partial charge >= 0.3 is 11.8 Å². The van der Waals surface area contributed by atoms with Gasteiger partial charge in [-0.15, -0.1) is 0 Å². The maximum Gasteiger partial charge on any atom is 0.414 e. The van der Waals surface area contributed by atoms with Crippen LogP contribution in [0.25, 0.3) is 11.4 Å². The van der Waals surface area contributed by atoms with Gasteiger partial charge < -0.3 is 14.9 Å². The van der Waals surface area contributed by atoms with Crippen LogP contribution < -0.4 is 4.74 Å². The number of rotatable bonds is 5. The molecule has 0 bridgehead atoms. The average Bonchev–Trinajstić information content (AvgIpc) is 3.38. The summed E-state index contributed by atoms with van der Waals surface area (Å²) >= 11 is 0. The number of hydrogen-bond donors (Lipinski definition) is 0. The summed E-state index contributed by atoms with van der Waals surface area (Å²) < 4.78 is 20.5. The van der Waals surface area contributed by atoms with E-state index < -0.39 is 4.92 Å². The maximum atomic E-state index is 13.1. The van der Waals surface area contributed by atoms with Crippen molar-refractivity contribution in [1.82, 2.24) is 24.4 Å². The minimum absolute atomic E-state index is 0.0529. The highest BCUT2D eigenvalue weighted by molar-refractivity contribution is 5.55. The lowest BCUT2D eigenvalue weighted by Crippen LogP contribution is -2.25. The van der Waals surface area contributed by atoms with E-state index in [-0.39, 0.29) is 17.7 Å². The Morgan fingerprint density at radius 2 is 2.07 bits per heavy atom. The lowest BCUT2D eigenvalue weighted by molar-refractivity contribution is -0.389. The molecular formula is C19H17FN6O3. The predicted octanol–water partition coefficient (Wildman–Crippen LogP) is 2.55. The van der Waals surface area contributed by atoms with Gasteiger partial charge in [-0.1, -0.05) is 0 Å². The Morgan fingerprint density at radius 3 is 2.83 bits per heavy atom. The number of halogens is 1. The van der Waals surface area contributed by atoms with Gasteiger partial charge in [0.25, 0.3) is 0 Å². The smallest absolute Gasteiger partial charge is 0.414 e. The molecule has 2 aliphatic rings. The second kappa shape index (κ2) is 6.89. The van der Waals surface area contributed by atoms with Crippen LogP contribution in [0.3, 0.4) is 0 Å². The monoisotopic (exact) mass is 396 g/mol. The summed E-state index contributed by atoms with van der Waals surface area (Å²) in [6, 6.07) is 6.46. The number of fused-ring (bicyclic) bond motifs is 2. The van der Waals surface area contributed by atoms with E-state index in [9.17, 15) is 14.5 Å². The molecule has 5 rings (SSSR count). The largest absolute Gasteiger partial charge is 0.441 e. The van der Waals surface area contributed by atoms with Crippen molar-refractivity contribution in [3.63, 3.8) is 0 Å². The molecule has 1 atom stereocenters. The number of nitro groups is 1. The zero-order valence-electron chi connectivity index (χ0n) is 15.4. The lowest BCUT2D eigenvalue weighted by atomic mass is 10.2. The van der Waals surface area contributed by atoms with Crippen LogP contribution >= 0.6 is 0 Å². The first-order chi connectivity index (χ1) is 14.0. The van der Waals surface area contributed by atoms with Gasteiger partial charge in [-0.3, -0.25) is 9.47 Å². The first-order valence-corrected chi connectivity index (χ1v) is 9.26. The van der Waals surface area contributed by atoms with Gasteiger partial charge in [0.2, 0.25) is 0 Å². The molecule has 1 aromatic carbocycles. The summed E-state index contributed by atoms with van der Waals surface area (Å²) in [4.78, 5) is 25.5. The van der Waals surface area contributed by atoms with Gasteiger partial charge in [0.15, 0.2) is 5.82 Å². The first kappa shape index (κ1) is 17.7. The van der Waals surface area contributed by atoms with Gasteiger partial charge in [0.1, 0.15) is 18.1 Å². The fourth-order valence-corrected chi connectivity index (χ4v) is 3.70. The van der Waals surface area contributed by atoms with Gasteiger partial charge in [0.05, 0.1) is 12.2 Å². The molecule has 0 saturated carbocycles. The molecule has 4 heterocycles. The van der Waals surface area contributed by atoms with Crippen molar-refractivity contribution in [2.45, 2.75) is 32.2 Å². The SMILES string of the molecule is O=[N+]([O-])c1cn2c(n1)O[C@H](CCN1Cc3cnc(-c4ccc(F)cc4)nc3C1)C2. The van der Waals surface area contributed by atoms with E-state index in [2.05, 4.69) is 19.9 Å². The average molecular weight is 396 g/mol. The highest BCUT2D eigenvalue weighted by atomic mass is 19.1. The van der Waals surface area contributed by atoms with Crippen LogP contribution in [-0.4, -0.2) is 42.0 Å². The zero-order valence-corrected chi connectivity index (χ0v) is 15.4. The second-order valence-corrected chi connectivity index (χ2v) is 7.20. The van der Waals surface area contributed by atoms with Gasteiger partial charge in [-0.25, -0.2) is 14.4 Å². The minimum Gasteiger partial charge on any atom is -0.441 e. The van der Waals surface area contributed by atoms with E-state index in [1.54, 1.807) is 16.7 Å². The molecule has 3 aromatic rings. The maximum absolute atomic E-state index is 13.1. The number of imidazole rings is 1. The van der Waals surface area contributed by atoms with Crippen molar-refractivity contribution < 1.29 is 14.1 Å². The highest BCUT2D eigenvalue weighted by Gasteiger charge is 2.32. The van der Waals surface area contributed by atoms with Crippen molar-refractivity contribution in [2.75, 3.05) is 6.54 Å². The Labute approximate surface area is 164 Å². The molecular weight excluding hydrogens is 379 g/mol. The number of ether oxygens (including phenoxy) is 1. The Balaban J connectivity index is 1.19. The molecule has 2 aliphatic heterocycles. The summed E-state index contributed by atoms with van der Waals surface area (Å²) in [6.45, 7) is 2.85. The molecule has 0 N–H and O–H groups in total. The standard InChI is InChI=1S/C19H17FN6O3/c20-14-3-1-12(2-4-14)18-21-7-13-8-24(10-16(13)22-18)6-5-15-9-25-11-17(26(27)28)23-19(25)29-15/h1-4,7,11,15H,5-6,8-10H2/t15-/m1/s1. The molecule has 9 nitrogen and oxygen atoms in total. The van der Waals surface area contributed by atoms with Crippen molar-refractivity contribution in [1.29, 1.82) is 0 Å². The van der Waals surface area contributed by atoms with Crippen LogP contribution in [-0.2, 0) is 19.6 Å². The van der Waals surface area contributed by atoms with E-state index in [4.69, 9.17) is 4.74 Å².